The monoisotopic (exact) mass is 356 g/mol. The van der Waals surface area contributed by atoms with Crippen molar-refractivity contribution in [1.29, 1.82) is 0 Å². The van der Waals surface area contributed by atoms with E-state index in [2.05, 4.69) is 45.5 Å². The second-order valence-electron chi connectivity index (χ2n) is 6.76. The fraction of sp³-hybridized carbons (Fsp3) is 0.182. The Bertz CT molecular complexity index is 1070. The molecule has 3 heterocycles. The number of aromatic nitrogens is 2. The van der Waals surface area contributed by atoms with Crippen LogP contribution < -0.4 is 10.2 Å². The van der Waals surface area contributed by atoms with Gasteiger partial charge in [-0.05, 0) is 41.8 Å². The van der Waals surface area contributed by atoms with Crippen LogP contribution in [-0.4, -0.2) is 16.5 Å². The molecule has 0 atom stereocenters. The second kappa shape index (κ2) is 6.76. The van der Waals surface area contributed by atoms with Gasteiger partial charge in [-0.15, -0.1) is 0 Å². The second-order valence-corrected chi connectivity index (χ2v) is 6.76. The highest BCUT2D eigenvalue weighted by Crippen LogP contribution is 2.29. The number of benzene rings is 2. The molecule has 0 radical (unpaired) electrons. The molecule has 5 heteroatoms. The lowest BCUT2D eigenvalue weighted by atomic mass is 10.00. The zero-order valence-corrected chi connectivity index (χ0v) is 14.9. The number of para-hydroxylation sites is 1. The van der Waals surface area contributed by atoms with Gasteiger partial charge in [0.1, 0.15) is 11.6 Å². The third-order valence-electron chi connectivity index (χ3n) is 5.01. The largest absolute Gasteiger partial charge is 0.467 e. The van der Waals surface area contributed by atoms with Gasteiger partial charge in [0.2, 0.25) is 5.95 Å². The fourth-order valence-corrected chi connectivity index (χ4v) is 3.64. The van der Waals surface area contributed by atoms with Gasteiger partial charge in [-0.2, -0.15) is 4.98 Å². The molecule has 1 aliphatic rings. The molecule has 27 heavy (non-hydrogen) atoms. The van der Waals surface area contributed by atoms with Crippen molar-refractivity contribution in [2.45, 2.75) is 19.5 Å². The van der Waals surface area contributed by atoms with E-state index in [1.54, 1.807) is 6.26 Å². The summed E-state index contributed by atoms with van der Waals surface area (Å²) in [5.74, 6) is 2.47. The molecule has 4 aromatic rings. The molecule has 0 saturated carbocycles. The molecule has 0 fully saturated rings. The van der Waals surface area contributed by atoms with Gasteiger partial charge >= 0.3 is 0 Å². The summed E-state index contributed by atoms with van der Waals surface area (Å²) in [4.78, 5) is 11.9. The van der Waals surface area contributed by atoms with Crippen LogP contribution in [0.25, 0.3) is 10.9 Å². The van der Waals surface area contributed by atoms with E-state index in [9.17, 15) is 0 Å². The Kier molecular flexibility index (Phi) is 3.98. The Morgan fingerprint density at radius 2 is 1.78 bits per heavy atom. The third-order valence-corrected chi connectivity index (χ3v) is 5.01. The van der Waals surface area contributed by atoms with Crippen molar-refractivity contribution in [3.8, 4) is 0 Å². The summed E-state index contributed by atoms with van der Waals surface area (Å²) in [7, 11) is 0. The molecule has 0 saturated heterocycles. The highest BCUT2D eigenvalue weighted by molar-refractivity contribution is 5.90. The standard InChI is InChI=1S/C22H20N4O/c1-2-7-17-15-26(12-11-16(17)6-1)21-19-9-3-4-10-20(19)24-22(25-21)23-14-18-8-5-13-27-18/h1-10,13H,11-12,14-15H2,(H,23,24,25). The van der Waals surface area contributed by atoms with E-state index < -0.39 is 0 Å². The lowest BCUT2D eigenvalue weighted by Gasteiger charge is -2.30. The number of hydrogen-bond donors (Lipinski definition) is 1. The van der Waals surface area contributed by atoms with Gasteiger partial charge in [0.25, 0.3) is 0 Å². The van der Waals surface area contributed by atoms with E-state index in [1.165, 1.54) is 11.1 Å². The van der Waals surface area contributed by atoms with Crippen LogP contribution in [0.15, 0.2) is 71.3 Å². The van der Waals surface area contributed by atoms with Crippen LogP contribution in [0.2, 0.25) is 0 Å². The molecule has 134 valence electrons. The highest BCUT2D eigenvalue weighted by atomic mass is 16.3. The number of nitrogens with zero attached hydrogens (tertiary/aromatic N) is 3. The zero-order chi connectivity index (χ0) is 18.1. The SMILES string of the molecule is c1coc(CNc2nc(N3CCc4ccccc4C3)c3ccccc3n2)c1. The molecular weight excluding hydrogens is 336 g/mol. The van der Waals surface area contributed by atoms with Gasteiger partial charge in [0, 0.05) is 18.5 Å². The molecule has 0 spiro atoms. The average molecular weight is 356 g/mol. The van der Waals surface area contributed by atoms with Gasteiger partial charge in [-0.3, -0.25) is 0 Å². The summed E-state index contributed by atoms with van der Waals surface area (Å²) >= 11 is 0. The van der Waals surface area contributed by atoms with E-state index in [-0.39, 0.29) is 0 Å². The van der Waals surface area contributed by atoms with Crippen molar-refractivity contribution < 1.29 is 4.42 Å². The third kappa shape index (κ3) is 3.12. The Balaban J connectivity index is 1.50. The molecule has 0 unspecified atom stereocenters. The van der Waals surface area contributed by atoms with Crippen LogP contribution in [0.4, 0.5) is 11.8 Å². The normalized spacial score (nSPS) is 13.6. The Labute approximate surface area is 157 Å². The van der Waals surface area contributed by atoms with Crippen molar-refractivity contribution in [3.63, 3.8) is 0 Å². The molecule has 5 rings (SSSR count). The van der Waals surface area contributed by atoms with Crippen molar-refractivity contribution in [2.75, 3.05) is 16.8 Å². The van der Waals surface area contributed by atoms with Gasteiger partial charge < -0.3 is 14.6 Å². The topological polar surface area (TPSA) is 54.2 Å². The molecule has 2 aromatic carbocycles. The first-order chi connectivity index (χ1) is 13.4. The van der Waals surface area contributed by atoms with E-state index in [0.29, 0.717) is 12.5 Å². The summed E-state index contributed by atoms with van der Waals surface area (Å²) in [6.07, 6.45) is 2.71. The van der Waals surface area contributed by atoms with E-state index in [4.69, 9.17) is 9.40 Å². The summed E-state index contributed by atoms with van der Waals surface area (Å²) < 4.78 is 5.40. The maximum absolute atomic E-state index is 5.40. The number of fused-ring (bicyclic) bond motifs is 2. The minimum absolute atomic E-state index is 0.563. The molecular formula is C22H20N4O. The van der Waals surface area contributed by atoms with Crippen LogP contribution in [0.5, 0.6) is 0 Å². The maximum atomic E-state index is 5.40. The number of nitrogens with one attached hydrogen (secondary N) is 1. The van der Waals surface area contributed by atoms with Crippen LogP contribution >= 0.6 is 0 Å². The predicted molar refractivity (Wildman–Crippen MR) is 107 cm³/mol. The van der Waals surface area contributed by atoms with E-state index >= 15 is 0 Å². The first kappa shape index (κ1) is 15.9. The van der Waals surface area contributed by atoms with Gasteiger partial charge in [-0.25, -0.2) is 4.98 Å². The molecule has 1 N–H and O–H groups in total. The van der Waals surface area contributed by atoms with E-state index in [1.807, 2.05) is 30.3 Å². The lowest BCUT2D eigenvalue weighted by molar-refractivity contribution is 0.517. The van der Waals surface area contributed by atoms with Crippen LogP contribution in [0, 0.1) is 0 Å². The minimum atomic E-state index is 0.563. The first-order valence-corrected chi connectivity index (χ1v) is 9.21. The smallest absolute Gasteiger partial charge is 0.225 e. The molecule has 0 bridgehead atoms. The Morgan fingerprint density at radius 3 is 2.67 bits per heavy atom. The summed E-state index contributed by atoms with van der Waals surface area (Å²) in [5.41, 5.74) is 3.75. The lowest BCUT2D eigenvalue weighted by Crippen LogP contribution is -2.31. The highest BCUT2D eigenvalue weighted by Gasteiger charge is 2.20. The maximum Gasteiger partial charge on any atom is 0.225 e. The van der Waals surface area contributed by atoms with E-state index in [0.717, 1.165) is 42.0 Å². The number of hydrogen-bond acceptors (Lipinski definition) is 5. The fourth-order valence-electron chi connectivity index (χ4n) is 3.64. The van der Waals surface area contributed by atoms with Gasteiger partial charge in [-0.1, -0.05) is 36.4 Å². The van der Waals surface area contributed by atoms with Gasteiger partial charge in [0.05, 0.1) is 18.3 Å². The minimum Gasteiger partial charge on any atom is -0.467 e. The van der Waals surface area contributed by atoms with Crippen LogP contribution in [0.3, 0.4) is 0 Å². The van der Waals surface area contributed by atoms with Crippen molar-refractivity contribution >= 4 is 22.7 Å². The molecule has 2 aromatic heterocycles. The molecule has 0 amide bonds. The zero-order valence-electron chi connectivity index (χ0n) is 14.9. The Morgan fingerprint density at radius 1 is 0.926 bits per heavy atom. The molecule has 1 aliphatic heterocycles. The number of anilines is 2. The van der Waals surface area contributed by atoms with Crippen molar-refractivity contribution in [2.24, 2.45) is 0 Å². The van der Waals surface area contributed by atoms with Gasteiger partial charge in [0.15, 0.2) is 0 Å². The summed E-state index contributed by atoms with van der Waals surface area (Å²) in [5, 5.41) is 4.38. The van der Waals surface area contributed by atoms with Crippen molar-refractivity contribution in [3.05, 3.63) is 83.8 Å². The Hall–Kier alpha value is -3.34. The summed E-state index contributed by atoms with van der Waals surface area (Å²) in [6.45, 7) is 2.39. The average Bonchev–Trinajstić information content (AvgIpc) is 3.25. The van der Waals surface area contributed by atoms with Crippen LogP contribution in [0.1, 0.15) is 16.9 Å². The molecule has 5 nitrogen and oxygen atoms in total. The molecule has 0 aliphatic carbocycles. The summed E-state index contributed by atoms with van der Waals surface area (Å²) in [6, 6.07) is 20.7. The van der Waals surface area contributed by atoms with Crippen LogP contribution in [-0.2, 0) is 19.5 Å². The number of furan rings is 1. The van der Waals surface area contributed by atoms with Crippen molar-refractivity contribution in [1.82, 2.24) is 9.97 Å². The predicted octanol–water partition coefficient (Wildman–Crippen LogP) is 4.40. The number of rotatable bonds is 4. The quantitative estimate of drug-likeness (QED) is 0.587. The first-order valence-electron chi connectivity index (χ1n) is 9.21.